The first-order valence-corrected chi connectivity index (χ1v) is 10.8. The van der Waals surface area contributed by atoms with Gasteiger partial charge in [0.15, 0.2) is 0 Å². The number of piperidine rings is 2. The van der Waals surface area contributed by atoms with Crippen molar-refractivity contribution < 1.29 is 8.78 Å². The van der Waals surface area contributed by atoms with Gasteiger partial charge in [-0.1, -0.05) is 20.8 Å². The highest BCUT2D eigenvalue weighted by Crippen LogP contribution is 2.42. The van der Waals surface area contributed by atoms with Crippen LogP contribution in [0.5, 0.6) is 0 Å². The Morgan fingerprint density at radius 1 is 0.962 bits per heavy atom. The van der Waals surface area contributed by atoms with Crippen LogP contribution in [0.3, 0.4) is 0 Å². The van der Waals surface area contributed by atoms with Crippen molar-refractivity contribution in [1.82, 2.24) is 14.7 Å². The summed E-state index contributed by atoms with van der Waals surface area (Å²) < 4.78 is 29.3. The summed E-state index contributed by atoms with van der Waals surface area (Å²) in [5.74, 6) is -2.54. The van der Waals surface area contributed by atoms with Gasteiger partial charge in [-0.15, -0.1) is 0 Å². The van der Waals surface area contributed by atoms with E-state index in [-0.39, 0.29) is 6.54 Å². The normalized spacial score (nSPS) is 31.3. The first kappa shape index (κ1) is 20.5. The molecule has 5 heteroatoms. The van der Waals surface area contributed by atoms with Gasteiger partial charge < -0.3 is 4.90 Å². The van der Waals surface area contributed by atoms with E-state index in [1.54, 1.807) is 0 Å². The quantitative estimate of drug-likeness (QED) is 0.703. The number of rotatable bonds is 6. The first-order chi connectivity index (χ1) is 12.2. The standard InChI is InChI=1S/C21H39F2N3/c1-5-18(4)26-14-20(15-26)7-10-24(11-8-20)13-19-6-9-25(12-17(2)3)16-21(19,22)23/h17-19H,5-16H2,1-4H3. The van der Waals surface area contributed by atoms with Gasteiger partial charge in [0, 0.05) is 38.1 Å². The van der Waals surface area contributed by atoms with E-state index < -0.39 is 11.8 Å². The van der Waals surface area contributed by atoms with Crippen LogP contribution in [0.2, 0.25) is 0 Å². The molecule has 0 aliphatic carbocycles. The molecule has 3 fully saturated rings. The zero-order valence-electron chi connectivity index (χ0n) is 17.3. The Kier molecular flexibility index (Phi) is 6.30. The minimum Gasteiger partial charge on any atom is -0.303 e. The minimum absolute atomic E-state index is 0.0442. The van der Waals surface area contributed by atoms with Crippen molar-refractivity contribution >= 4 is 0 Å². The fourth-order valence-corrected chi connectivity index (χ4v) is 5.18. The van der Waals surface area contributed by atoms with E-state index in [0.717, 1.165) is 26.2 Å². The van der Waals surface area contributed by atoms with Crippen LogP contribution in [0.15, 0.2) is 0 Å². The van der Waals surface area contributed by atoms with Gasteiger partial charge in [0.05, 0.1) is 6.54 Å². The van der Waals surface area contributed by atoms with Crippen LogP contribution in [0, 0.1) is 17.3 Å². The molecule has 1 spiro atoms. The van der Waals surface area contributed by atoms with E-state index in [2.05, 4.69) is 37.5 Å². The van der Waals surface area contributed by atoms with Crippen molar-refractivity contribution in [2.24, 2.45) is 17.3 Å². The largest absolute Gasteiger partial charge is 0.303 e. The Bertz CT molecular complexity index is 452. The summed E-state index contributed by atoms with van der Waals surface area (Å²) in [6.07, 6.45) is 4.24. The summed E-state index contributed by atoms with van der Waals surface area (Å²) >= 11 is 0. The lowest BCUT2D eigenvalue weighted by Crippen LogP contribution is -2.63. The Morgan fingerprint density at radius 3 is 2.15 bits per heavy atom. The first-order valence-electron chi connectivity index (χ1n) is 10.8. The number of alkyl halides is 2. The molecule has 3 rings (SSSR count). The molecule has 0 N–H and O–H groups in total. The number of hydrogen-bond acceptors (Lipinski definition) is 3. The zero-order chi connectivity index (χ0) is 18.9. The van der Waals surface area contributed by atoms with Crippen molar-refractivity contribution in [2.75, 3.05) is 52.4 Å². The van der Waals surface area contributed by atoms with E-state index in [1.807, 2.05) is 4.90 Å². The molecule has 0 aromatic heterocycles. The average molecular weight is 372 g/mol. The van der Waals surface area contributed by atoms with Gasteiger partial charge in [0.25, 0.3) is 5.92 Å². The third-order valence-corrected chi connectivity index (χ3v) is 7.14. The lowest BCUT2D eigenvalue weighted by Gasteiger charge is -2.56. The molecule has 3 heterocycles. The topological polar surface area (TPSA) is 9.72 Å². The predicted molar refractivity (Wildman–Crippen MR) is 104 cm³/mol. The number of hydrogen-bond donors (Lipinski definition) is 0. The molecule has 3 nitrogen and oxygen atoms in total. The van der Waals surface area contributed by atoms with E-state index in [1.165, 1.54) is 32.4 Å². The van der Waals surface area contributed by atoms with Crippen molar-refractivity contribution in [3.05, 3.63) is 0 Å². The van der Waals surface area contributed by atoms with Crippen molar-refractivity contribution in [2.45, 2.75) is 65.3 Å². The van der Waals surface area contributed by atoms with Crippen molar-refractivity contribution in [1.29, 1.82) is 0 Å². The summed E-state index contributed by atoms with van der Waals surface area (Å²) in [7, 11) is 0. The number of halogens is 2. The van der Waals surface area contributed by atoms with E-state index in [0.29, 0.717) is 30.3 Å². The summed E-state index contributed by atoms with van der Waals surface area (Å²) in [6.45, 7) is 15.4. The highest BCUT2D eigenvalue weighted by Gasteiger charge is 2.48. The fourth-order valence-electron chi connectivity index (χ4n) is 5.18. The zero-order valence-corrected chi connectivity index (χ0v) is 17.3. The maximum atomic E-state index is 14.7. The smallest absolute Gasteiger partial charge is 0.264 e. The van der Waals surface area contributed by atoms with E-state index >= 15 is 0 Å². The monoisotopic (exact) mass is 371 g/mol. The molecular formula is C21H39F2N3. The molecule has 152 valence electrons. The maximum absolute atomic E-state index is 14.7. The van der Waals surface area contributed by atoms with E-state index in [9.17, 15) is 8.78 Å². The molecule has 26 heavy (non-hydrogen) atoms. The van der Waals surface area contributed by atoms with Crippen LogP contribution in [0.4, 0.5) is 8.78 Å². The second-order valence-electron chi connectivity index (χ2n) is 9.84. The third kappa shape index (κ3) is 4.59. The predicted octanol–water partition coefficient (Wildman–Crippen LogP) is 3.80. The molecule has 2 unspecified atom stereocenters. The van der Waals surface area contributed by atoms with Gasteiger partial charge in [0.1, 0.15) is 0 Å². The summed E-state index contributed by atoms with van der Waals surface area (Å²) in [5, 5.41) is 0. The van der Waals surface area contributed by atoms with E-state index in [4.69, 9.17) is 0 Å². The second-order valence-corrected chi connectivity index (χ2v) is 9.84. The molecule has 3 aliphatic rings. The van der Waals surface area contributed by atoms with Crippen molar-refractivity contribution in [3.8, 4) is 0 Å². The summed E-state index contributed by atoms with van der Waals surface area (Å²) in [4.78, 5) is 6.88. The van der Waals surface area contributed by atoms with Gasteiger partial charge in [-0.3, -0.25) is 9.80 Å². The average Bonchev–Trinajstić information content (AvgIpc) is 2.54. The highest BCUT2D eigenvalue weighted by atomic mass is 19.3. The molecule has 3 saturated heterocycles. The number of nitrogens with zero attached hydrogens (tertiary/aromatic N) is 3. The van der Waals surface area contributed by atoms with Crippen LogP contribution in [0.1, 0.15) is 53.4 Å². The SMILES string of the molecule is CCC(C)N1CC2(CCN(CC3CCN(CC(C)C)CC3(F)F)CC2)C1. The molecule has 0 bridgehead atoms. The molecule has 0 saturated carbocycles. The second kappa shape index (κ2) is 8.00. The summed E-state index contributed by atoms with van der Waals surface area (Å²) in [5.41, 5.74) is 0.489. The Balaban J connectivity index is 1.44. The molecular weight excluding hydrogens is 332 g/mol. The number of likely N-dealkylation sites (tertiary alicyclic amines) is 3. The molecule has 0 aromatic carbocycles. The molecule has 0 radical (unpaired) electrons. The van der Waals surface area contributed by atoms with Crippen LogP contribution in [0.25, 0.3) is 0 Å². The highest BCUT2D eigenvalue weighted by molar-refractivity contribution is 5.00. The fraction of sp³-hybridized carbons (Fsp3) is 1.00. The van der Waals surface area contributed by atoms with Gasteiger partial charge in [-0.05, 0) is 63.6 Å². The van der Waals surface area contributed by atoms with Crippen LogP contribution in [-0.2, 0) is 0 Å². The molecule has 3 aliphatic heterocycles. The van der Waals surface area contributed by atoms with Gasteiger partial charge >= 0.3 is 0 Å². The molecule has 0 amide bonds. The van der Waals surface area contributed by atoms with Gasteiger partial charge in [-0.2, -0.15) is 0 Å². The van der Waals surface area contributed by atoms with Crippen LogP contribution >= 0.6 is 0 Å². The third-order valence-electron chi connectivity index (χ3n) is 7.14. The van der Waals surface area contributed by atoms with Crippen LogP contribution < -0.4 is 0 Å². The Labute approximate surface area is 159 Å². The molecule has 2 atom stereocenters. The van der Waals surface area contributed by atoms with Gasteiger partial charge in [-0.25, -0.2) is 8.78 Å². The Hall–Kier alpha value is -0.260. The lowest BCUT2D eigenvalue weighted by molar-refractivity contribution is -0.126. The minimum atomic E-state index is -2.54. The Morgan fingerprint density at radius 2 is 1.62 bits per heavy atom. The maximum Gasteiger partial charge on any atom is 0.264 e. The van der Waals surface area contributed by atoms with Crippen molar-refractivity contribution in [3.63, 3.8) is 0 Å². The molecule has 0 aromatic rings. The summed E-state index contributed by atoms with van der Waals surface area (Å²) in [6, 6.07) is 0.688. The van der Waals surface area contributed by atoms with Gasteiger partial charge in [0.2, 0.25) is 0 Å². The lowest BCUT2D eigenvalue weighted by atomic mass is 9.71. The van der Waals surface area contributed by atoms with Crippen LogP contribution in [-0.4, -0.2) is 79.0 Å².